The van der Waals surface area contributed by atoms with Crippen molar-refractivity contribution in [2.75, 3.05) is 17.2 Å². The fraction of sp³-hybridized carbons (Fsp3) is 0.200. The minimum Gasteiger partial charge on any atom is -0.379 e. The summed E-state index contributed by atoms with van der Waals surface area (Å²) in [5.74, 6) is 0. The smallest absolute Gasteiger partial charge is 0.315 e. The van der Waals surface area contributed by atoms with Crippen LogP contribution in [-0.4, -0.2) is 11.5 Å². The number of hydrogen-bond donors (Lipinski definition) is 2. The summed E-state index contributed by atoms with van der Waals surface area (Å²) in [7, 11) is 0. The quantitative estimate of drug-likeness (QED) is 0.573. The Morgan fingerprint density at radius 2 is 1.76 bits per heavy atom. The van der Waals surface area contributed by atoms with Gasteiger partial charge in [-0.15, -0.1) is 0 Å². The molecule has 0 saturated heterocycles. The molecule has 0 unspecified atom stereocenters. The molecule has 2 aromatic rings. The van der Waals surface area contributed by atoms with E-state index in [1.807, 2.05) is 31.2 Å². The highest BCUT2D eigenvalue weighted by Gasteiger charge is 2.19. The highest BCUT2D eigenvalue weighted by molar-refractivity contribution is 9.10. The Morgan fingerprint density at radius 3 is 2.43 bits per heavy atom. The molecule has 2 N–H and O–H groups in total. The van der Waals surface area contributed by atoms with Gasteiger partial charge in [-0.25, -0.2) is 0 Å². The van der Waals surface area contributed by atoms with E-state index in [9.17, 15) is 10.1 Å². The van der Waals surface area contributed by atoms with Gasteiger partial charge in [-0.05, 0) is 46.6 Å². The van der Waals surface area contributed by atoms with Gasteiger partial charge >= 0.3 is 5.69 Å². The predicted molar refractivity (Wildman–Crippen MR) is 89.3 cm³/mol. The molecule has 0 aliphatic heterocycles. The topological polar surface area (TPSA) is 67.2 Å². The molecule has 0 fully saturated rings. The summed E-state index contributed by atoms with van der Waals surface area (Å²) in [6.45, 7) is 2.71. The molecule has 2 aromatic carbocycles. The molecule has 0 spiro atoms. The molecule has 110 valence electrons. The second-order valence-corrected chi connectivity index (χ2v) is 5.34. The SMILES string of the molecule is CCCNc1cccc(Nc2ccccc2Br)c1[N+](=O)[O-]. The van der Waals surface area contributed by atoms with E-state index in [1.165, 1.54) is 0 Å². The highest BCUT2D eigenvalue weighted by atomic mass is 79.9. The first kappa shape index (κ1) is 15.3. The second-order valence-electron chi connectivity index (χ2n) is 4.49. The maximum Gasteiger partial charge on any atom is 0.315 e. The van der Waals surface area contributed by atoms with Gasteiger partial charge in [0.1, 0.15) is 11.4 Å². The first-order valence-electron chi connectivity index (χ1n) is 6.66. The van der Waals surface area contributed by atoms with Crippen molar-refractivity contribution in [3.63, 3.8) is 0 Å². The Kier molecular flexibility index (Phi) is 5.16. The molecule has 6 heteroatoms. The average molecular weight is 350 g/mol. The summed E-state index contributed by atoms with van der Waals surface area (Å²) >= 11 is 3.43. The minimum absolute atomic E-state index is 0.0571. The van der Waals surface area contributed by atoms with Gasteiger partial charge in [0, 0.05) is 11.0 Å². The number of nitro benzene ring substituents is 1. The van der Waals surface area contributed by atoms with Gasteiger partial charge in [-0.1, -0.05) is 25.1 Å². The maximum atomic E-state index is 11.4. The van der Waals surface area contributed by atoms with E-state index in [0.717, 1.165) is 16.6 Å². The Labute approximate surface area is 131 Å². The molecule has 21 heavy (non-hydrogen) atoms. The summed E-state index contributed by atoms with van der Waals surface area (Å²) in [6, 6.07) is 12.7. The third kappa shape index (κ3) is 3.72. The van der Waals surface area contributed by atoms with E-state index in [4.69, 9.17) is 0 Å². The zero-order chi connectivity index (χ0) is 15.2. The van der Waals surface area contributed by atoms with Crippen LogP contribution in [-0.2, 0) is 0 Å². The monoisotopic (exact) mass is 349 g/mol. The number of benzene rings is 2. The van der Waals surface area contributed by atoms with Crippen molar-refractivity contribution in [3.8, 4) is 0 Å². The summed E-state index contributed by atoms with van der Waals surface area (Å²) in [4.78, 5) is 11.0. The first-order valence-corrected chi connectivity index (χ1v) is 7.45. The lowest BCUT2D eigenvalue weighted by molar-refractivity contribution is -0.383. The van der Waals surface area contributed by atoms with E-state index in [-0.39, 0.29) is 10.6 Å². The number of nitrogens with one attached hydrogen (secondary N) is 2. The standard InChI is InChI=1S/C15H16BrN3O2/c1-2-10-17-13-8-5-9-14(15(13)19(20)21)18-12-7-4-3-6-11(12)16/h3-9,17-18H,2,10H2,1H3. The zero-order valence-corrected chi connectivity index (χ0v) is 13.2. The normalized spacial score (nSPS) is 10.2. The Balaban J connectivity index is 2.39. The van der Waals surface area contributed by atoms with Gasteiger partial charge in [0.25, 0.3) is 0 Å². The van der Waals surface area contributed by atoms with Crippen molar-refractivity contribution in [1.82, 2.24) is 0 Å². The van der Waals surface area contributed by atoms with Crippen molar-refractivity contribution >= 4 is 38.7 Å². The Hall–Kier alpha value is -2.08. The third-order valence-electron chi connectivity index (χ3n) is 2.93. The van der Waals surface area contributed by atoms with Crippen LogP contribution in [0.2, 0.25) is 0 Å². The van der Waals surface area contributed by atoms with Gasteiger partial charge < -0.3 is 10.6 Å². The van der Waals surface area contributed by atoms with Gasteiger partial charge in [0.05, 0.1) is 10.6 Å². The molecule has 0 aliphatic carbocycles. The number of nitrogens with zero attached hydrogens (tertiary/aromatic N) is 1. The second kappa shape index (κ2) is 7.08. The highest BCUT2D eigenvalue weighted by Crippen LogP contribution is 2.36. The average Bonchev–Trinajstić information content (AvgIpc) is 2.47. The summed E-state index contributed by atoms with van der Waals surface area (Å²) < 4.78 is 0.853. The van der Waals surface area contributed by atoms with Crippen LogP contribution in [0.5, 0.6) is 0 Å². The van der Waals surface area contributed by atoms with Crippen LogP contribution in [0.3, 0.4) is 0 Å². The number of para-hydroxylation sites is 2. The lowest BCUT2D eigenvalue weighted by Gasteiger charge is -2.12. The van der Waals surface area contributed by atoms with Crippen LogP contribution in [0.4, 0.5) is 22.7 Å². The van der Waals surface area contributed by atoms with Crippen molar-refractivity contribution in [2.45, 2.75) is 13.3 Å². The molecule has 0 radical (unpaired) electrons. The zero-order valence-electron chi connectivity index (χ0n) is 11.6. The molecule has 2 rings (SSSR count). The molecule has 0 saturated carbocycles. The lowest BCUT2D eigenvalue weighted by atomic mass is 10.2. The molecule has 0 aliphatic rings. The number of rotatable bonds is 6. The molecule has 0 heterocycles. The van der Waals surface area contributed by atoms with Crippen molar-refractivity contribution < 1.29 is 4.92 Å². The van der Waals surface area contributed by atoms with Crippen LogP contribution in [0.1, 0.15) is 13.3 Å². The van der Waals surface area contributed by atoms with Crippen molar-refractivity contribution in [1.29, 1.82) is 0 Å². The van der Waals surface area contributed by atoms with Gasteiger partial charge in [-0.2, -0.15) is 0 Å². The first-order chi connectivity index (χ1) is 10.1. The predicted octanol–water partition coefficient (Wildman–Crippen LogP) is 4.92. The van der Waals surface area contributed by atoms with Crippen LogP contribution >= 0.6 is 15.9 Å². The lowest BCUT2D eigenvalue weighted by Crippen LogP contribution is -2.05. The summed E-state index contributed by atoms with van der Waals surface area (Å²) in [5, 5.41) is 17.6. The van der Waals surface area contributed by atoms with Gasteiger partial charge in [-0.3, -0.25) is 10.1 Å². The van der Waals surface area contributed by atoms with Gasteiger partial charge in [0.15, 0.2) is 0 Å². The van der Waals surface area contributed by atoms with E-state index in [2.05, 4.69) is 26.6 Å². The van der Waals surface area contributed by atoms with E-state index in [0.29, 0.717) is 17.9 Å². The third-order valence-corrected chi connectivity index (χ3v) is 3.62. The van der Waals surface area contributed by atoms with Crippen LogP contribution in [0, 0.1) is 10.1 Å². The molecular formula is C15H16BrN3O2. The number of hydrogen-bond acceptors (Lipinski definition) is 4. The number of nitro groups is 1. The maximum absolute atomic E-state index is 11.4. The van der Waals surface area contributed by atoms with E-state index >= 15 is 0 Å². The number of anilines is 3. The van der Waals surface area contributed by atoms with Crippen molar-refractivity contribution in [2.24, 2.45) is 0 Å². The Bertz CT molecular complexity index is 647. The molecular weight excluding hydrogens is 334 g/mol. The van der Waals surface area contributed by atoms with Gasteiger partial charge in [0.2, 0.25) is 0 Å². The molecule has 0 atom stereocenters. The van der Waals surface area contributed by atoms with E-state index < -0.39 is 0 Å². The molecule has 0 bridgehead atoms. The Morgan fingerprint density at radius 1 is 1.10 bits per heavy atom. The summed E-state index contributed by atoms with van der Waals surface area (Å²) in [6.07, 6.45) is 0.902. The van der Waals surface area contributed by atoms with Crippen LogP contribution in [0.25, 0.3) is 0 Å². The fourth-order valence-electron chi connectivity index (χ4n) is 1.95. The minimum atomic E-state index is -0.364. The van der Waals surface area contributed by atoms with Crippen LogP contribution < -0.4 is 10.6 Å². The number of halogens is 1. The molecule has 5 nitrogen and oxygen atoms in total. The summed E-state index contributed by atoms with van der Waals surface area (Å²) in [5.41, 5.74) is 1.84. The largest absolute Gasteiger partial charge is 0.379 e. The van der Waals surface area contributed by atoms with Crippen molar-refractivity contribution in [3.05, 3.63) is 57.1 Å². The fourth-order valence-corrected chi connectivity index (χ4v) is 2.33. The molecule has 0 amide bonds. The van der Waals surface area contributed by atoms with Crippen LogP contribution in [0.15, 0.2) is 46.9 Å². The molecule has 0 aromatic heterocycles. The van der Waals surface area contributed by atoms with E-state index in [1.54, 1.807) is 18.2 Å².